The van der Waals surface area contributed by atoms with Gasteiger partial charge >= 0.3 is 0 Å². The van der Waals surface area contributed by atoms with Gasteiger partial charge in [-0.1, -0.05) is 17.7 Å². The molecule has 3 rings (SSSR count). The van der Waals surface area contributed by atoms with Gasteiger partial charge in [0.1, 0.15) is 22.4 Å². The lowest BCUT2D eigenvalue weighted by Gasteiger charge is -2.09. The quantitative estimate of drug-likeness (QED) is 0.669. The van der Waals surface area contributed by atoms with Gasteiger partial charge in [-0.2, -0.15) is 0 Å². The van der Waals surface area contributed by atoms with Crippen LogP contribution in [0.4, 0.5) is 5.69 Å². The monoisotopic (exact) mass is 354 g/mol. The minimum atomic E-state index is -0.320. The maximum absolute atomic E-state index is 12.2. The maximum Gasteiger partial charge on any atom is 0.258 e. The molecule has 6 heteroatoms. The highest BCUT2D eigenvalue weighted by Crippen LogP contribution is 2.26. The summed E-state index contributed by atoms with van der Waals surface area (Å²) in [5.74, 6) is 1.71. The zero-order valence-electron chi connectivity index (χ0n) is 13.4. The Labute approximate surface area is 150 Å². The number of amides is 1. The molecule has 2 aromatic carbocycles. The van der Waals surface area contributed by atoms with Gasteiger partial charge in [-0.15, -0.1) is 0 Å². The molecule has 0 unspecified atom stereocenters. The Morgan fingerprint density at radius 3 is 2.48 bits per heavy atom. The first kappa shape index (κ1) is 16.8. The van der Waals surface area contributed by atoms with Crippen molar-refractivity contribution in [2.24, 2.45) is 0 Å². The van der Waals surface area contributed by atoms with Gasteiger partial charge in [0.05, 0.1) is 12.7 Å². The standard InChI is InChI=1S/C19H15ClN2O3/c1-24-15-4-2-5-16(12-15)25-14-9-7-13(8-10-14)22-19(23)17-6-3-11-21-18(17)20/h2-12H,1H3,(H,22,23). The number of benzene rings is 2. The molecule has 0 aliphatic heterocycles. The maximum atomic E-state index is 12.2. The highest BCUT2D eigenvalue weighted by Gasteiger charge is 2.10. The predicted molar refractivity (Wildman–Crippen MR) is 96.7 cm³/mol. The fourth-order valence-corrected chi connectivity index (χ4v) is 2.37. The van der Waals surface area contributed by atoms with Crippen molar-refractivity contribution in [3.63, 3.8) is 0 Å². The lowest BCUT2D eigenvalue weighted by molar-refractivity contribution is 0.102. The molecular formula is C19H15ClN2O3. The van der Waals surface area contributed by atoms with E-state index in [-0.39, 0.29) is 11.1 Å². The number of ether oxygens (including phenoxy) is 2. The molecule has 3 aromatic rings. The molecule has 0 saturated heterocycles. The lowest BCUT2D eigenvalue weighted by atomic mass is 10.2. The fraction of sp³-hybridized carbons (Fsp3) is 0.0526. The van der Waals surface area contributed by atoms with Crippen LogP contribution in [-0.4, -0.2) is 18.0 Å². The molecule has 0 aliphatic rings. The normalized spacial score (nSPS) is 10.2. The Kier molecular flexibility index (Phi) is 5.16. The van der Waals surface area contributed by atoms with Crippen molar-refractivity contribution in [1.82, 2.24) is 4.98 Å². The smallest absolute Gasteiger partial charge is 0.258 e. The van der Waals surface area contributed by atoms with E-state index in [2.05, 4.69) is 10.3 Å². The number of nitrogens with one attached hydrogen (secondary N) is 1. The number of aromatic nitrogens is 1. The van der Waals surface area contributed by atoms with E-state index in [4.69, 9.17) is 21.1 Å². The number of rotatable bonds is 5. The molecule has 1 heterocycles. The summed E-state index contributed by atoms with van der Waals surface area (Å²) in [7, 11) is 1.60. The van der Waals surface area contributed by atoms with Crippen molar-refractivity contribution in [1.29, 1.82) is 0 Å². The van der Waals surface area contributed by atoms with E-state index >= 15 is 0 Å². The lowest BCUT2D eigenvalue weighted by Crippen LogP contribution is -2.12. The van der Waals surface area contributed by atoms with Crippen molar-refractivity contribution in [2.75, 3.05) is 12.4 Å². The minimum absolute atomic E-state index is 0.165. The Balaban J connectivity index is 1.68. The number of hydrogen-bond acceptors (Lipinski definition) is 4. The van der Waals surface area contributed by atoms with E-state index in [1.165, 1.54) is 6.20 Å². The highest BCUT2D eigenvalue weighted by molar-refractivity contribution is 6.33. The van der Waals surface area contributed by atoms with E-state index in [1.54, 1.807) is 49.6 Å². The summed E-state index contributed by atoms with van der Waals surface area (Å²) in [4.78, 5) is 16.1. The minimum Gasteiger partial charge on any atom is -0.497 e. The third-order valence-corrected chi connectivity index (χ3v) is 3.69. The third-order valence-electron chi connectivity index (χ3n) is 3.39. The number of halogens is 1. The number of pyridine rings is 1. The number of anilines is 1. The Morgan fingerprint density at radius 2 is 1.76 bits per heavy atom. The summed E-state index contributed by atoms with van der Waals surface area (Å²) < 4.78 is 10.9. The van der Waals surface area contributed by atoms with E-state index in [0.29, 0.717) is 22.7 Å². The molecule has 0 fully saturated rings. The topological polar surface area (TPSA) is 60.5 Å². The number of carbonyl (C=O) groups is 1. The summed E-state index contributed by atoms with van der Waals surface area (Å²) in [5.41, 5.74) is 0.948. The van der Waals surface area contributed by atoms with Crippen LogP contribution in [0, 0.1) is 0 Å². The van der Waals surface area contributed by atoms with Crippen LogP contribution in [0.15, 0.2) is 66.9 Å². The van der Waals surface area contributed by atoms with E-state index in [0.717, 1.165) is 5.75 Å². The number of hydrogen-bond donors (Lipinski definition) is 1. The second-order valence-electron chi connectivity index (χ2n) is 5.10. The molecule has 0 saturated carbocycles. The molecule has 1 N–H and O–H groups in total. The van der Waals surface area contributed by atoms with E-state index in [9.17, 15) is 4.79 Å². The summed E-state index contributed by atoms with van der Waals surface area (Å²) in [5, 5.41) is 2.93. The van der Waals surface area contributed by atoms with Crippen LogP contribution in [0.5, 0.6) is 17.2 Å². The summed E-state index contributed by atoms with van der Waals surface area (Å²) in [6, 6.07) is 17.6. The van der Waals surface area contributed by atoms with Crippen molar-refractivity contribution in [2.45, 2.75) is 0 Å². The van der Waals surface area contributed by atoms with Crippen LogP contribution in [0.1, 0.15) is 10.4 Å². The molecule has 1 aromatic heterocycles. The number of methoxy groups -OCH3 is 1. The predicted octanol–water partition coefficient (Wildman–Crippen LogP) is 4.79. The molecule has 0 spiro atoms. The zero-order chi connectivity index (χ0) is 17.6. The van der Waals surface area contributed by atoms with E-state index < -0.39 is 0 Å². The summed E-state index contributed by atoms with van der Waals surface area (Å²) >= 11 is 5.92. The van der Waals surface area contributed by atoms with Gasteiger partial charge in [-0.05, 0) is 48.5 Å². The van der Waals surface area contributed by atoms with Gasteiger partial charge in [0.2, 0.25) is 0 Å². The van der Waals surface area contributed by atoms with Crippen LogP contribution in [0.3, 0.4) is 0 Å². The molecule has 126 valence electrons. The molecule has 5 nitrogen and oxygen atoms in total. The van der Waals surface area contributed by atoms with Gasteiger partial charge in [-0.3, -0.25) is 4.79 Å². The van der Waals surface area contributed by atoms with Crippen LogP contribution in [-0.2, 0) is 0 Å². The third kappa shape index (κ3) is 4.28. The average molecular weight is 355 g/mol. The Bertz CT molecular complexity index is 882. The van der Waals surface area contributed by atoms with E-state index in [1.807, 2.05) is 18.2 Å². The van der Waals surface area contributed by atoms with Crippen molar-refractivity contribution < 1.29 is 14.3 Å². The van der Waals surface area contributed by atoms with Gasteiger partial charge in [-0.25, -0.2) is 4.98 Å². The first-order chi connectivity index (χ1) is 12.2. The zero-order valence-corrected chi connectivity index (χ0v) is 14.2. The number of carbonyl (C=O) groups excluding carboxylic acids is 1. The average Bonchev–Trinajstić information content (AvgIpc) is 2.64. The highest BCUT2D eigenvalue weighted by atomic mass is 35.5. The largest absolute Gasteiger partial charge is 0.497 e. The second-order valence-corrected chi connectivity index (χ2v) is 5.46. The molecule has 1 amide bonds. The molecule has 0 radical (unpaired) electrons. The van der Waals surface area contributed by atoms with Crippen LogP contribution in [0.25, 0.3) is 0 Å². The van der Waals surface area contributed by atoms with Gasteiger partial charge in [0.15, 0.2) is 0 Å². The first-order valence-electron chi connectivity index (χ1n) is 7.49. The molecule has 0 aliphatic carbocycles. The Morgan fingerprint density at radius 1 is 1.00 bits per heavy atom. The Hall–Kier alpha value is -3.05. The van der Waals surface area contributed by atoms with Crippen LogP contribution < -0.4 is 14.8 Å². The molecule has 25 heavy (non-hydrogen) atoms. The second kappa shape index (κ2) is 7.68. The van der Waals surface area contributed by atoms with Gasteiger partial charge in [0.25, 0.3) is 5.91 Å². The van der Waals surface area contributed by atoms with Crippen molar-refractivity contribution >= 4 is 23.2 Å². The number of nitrogens with zero attached hydrogens (tertiary/aromatic N) is 1. The van der Waals surface area contributed by atoms with Crippen molar-refractivity contribution in [3.8, 4) is 17.2 Å². The molecule has 0 bridgehead atoms. The van der Waals surface area contributed by atoms with Crippen LogP contribution in [0.2, 0.25) is 5.15 Å². The van der Waals surface area contributed by atoms with Gasteiger partial charge < -0.3 is 14.8 Å². The summed E-state index contributed by atoms with van der Waals surface area (Å²) in [6.45, 7) is 0. The first-order valence-corrected chi connectivity index (χ1v) is 7.87. The summed E-state index contributed by atoms with van der Waals surface area (Å²) in [6.07, 6.45) is 1.53. The van der Waals surface area contributed by atoms with Crippen molar-refractivity contribution in [3.05, 3.63) is 77.6 Å². The molecular weight excluding hydrogens is 340 g/mol. The van der Waals surface area contributed by atoms with Crippen LogP contribution >= 0.6 is 11.6 Å². The molecule has 0 atom stereocenters. The fourth-order valence-electron chi connectivity index (χ4n) is 2.16. The van der Waals surface area contributed by atoms with Gasteiger partial charge in [0, 0.05) is 18.0 Å². The SMILES string of the molecule is COc1cccc(Oc2ccc(NC(=O)c3cccnc3Cl)cc2)c1.